The maximum absolute atomic E-state index is 12.7. The van der Waals surface area contributed by atoms with E-state index in [1.807, 2.05) is 49.2 Å². The van der Waals surface area contributed by atoms with Crippen molar-refractivity contribution in [1.29, 1.82) is 0 Å². The Kier molecular flexibility index (Phi) is 7.41. The molecule has 1 unspecified atom stereocenters. The highest BCUT2D eigenvalue weighted by Gasteiger charge is 2.26. The van der Waals surface area contributed by atoms with Crippen LogP contribution in [0.5, 0.6) is 0 Å². The predicted molar refractivity (Wildman–Crippen MR) is 116 cm³/mol. The number of rotatable bonds is 8. The first-order valence-electron chi connectivity index (χ1n) is 9.95. The molecule has 0 aliphatic carbocycles. The van der Waals surface area contributed by atoms with Gasteiger partial charge in [-0.25, -0.2) is 4.79 Å². The van der Waals surface area contributed by atoms with Crippen LogP contribution in [-0.2, 0) is 14.3 Å². The van der Waals surface area contributed by atoms with Crippen LogP contribution in [0.1, 0.15) is 35.0 Å². The fourth-order valence-corrected chi connectivity index (χ4v) is 4.68. The van der Waals surface area contributed by atoms with Gasteiger partial charge in [-0.2, -0.15) is 0 Å². The Hall–Kier alpha value is -2.22. The van der Waals surface area contributed by atoms with Gasteiger partial charge in [-0.1, -0.05) is 30.3 Å². The molecule has 1 fully saturated rings. The lowest BCUT2D eigenvalue weighted by molar-refractivity contribution is -0.117. The Labute approximate surface area is 175 Å². The number of anilines is 1. The third kappa shape index (κ3) is 5.44. The Morgan fingerprint density at radius 3 is 2.72 bits per heavy atom. The number of carbonyl (C=O) groups is 2. The molecule has 1 aromatic carbocycles. The molecule has 1 N–H and O–H groups in total. The number of thiophene rings is 1. The number of nitrogens with one attached hydrogen (secondary N) is 1. The van der Waals surface area contributed by atoms with E-state index in [1.54, 1.807) is 6.92 Å². The molecule has 29 heavy (non-hydrogen) atoms. The number of hydrogen-bond acceptors (Lipinski definition) is 6. The lowest BCUT2D eigenvalue weighted by Crippen LogP contribution is -2.35. The summed E-state index contributed by atoms with van der Waals surface area (Å²) in [6, 6.07) is 9.71. The number of esters is 1. The van der Waals surface area contributed by atoms with Crippen molar-refractivity contribution in [1.82, 2.24) is 4.90 Å². The van der Waals surface area contributed by atoms with E-state index in [1.165, 1.54) is 11.3 Å². The molecule has 1 amide bonds. The lowest BCUT2D eigenvalue weighted by atomic mass is 10.0. The van der Waals surface area contributed by atoms with E-state index in [9.17, 15) is 9.59 Å². The molecule has 0 saturated carbocycles. The van der Waals surface area contributed by atoms with Crippen molar-refractivity contribution in [2.75, 3.05) is 38.7 Å². The monoisotopic (exact) mass is 416 g/mol. The quantitative estimate of drug-likeness (QED) is 0.660. The summed E-state index contributed by atoms with van der Waals surface area (Å²) in [5.74, 6) is -0.573. The van der Waals surface area contributed by atoms with Gasteiger partial charge in [-0.05, 0) is 39.3 Å². The van der Waals surface area contributed by atoms with E-state index in [4.69, 9.17) is 9.47 Å². The van der Waals surface area contributed by atoms with Gasteiger partial charge in [0.15, 0.2) is 0 Å². The van der Waals surface area contributed by atoms with Crippen LogP contribution in [0.15, 0.2) is 30.3 Å². The van der Waals surface area contributed by atoms with Crippen LogP contribution in [0.3, 0.4) is 0 Å². The average molecular weight is 417 g/mol. The predicted octanol–water partition coefficient (Wildman–Crippen LogP) is 3.95. The molecule has 1 aliphatic rings. The fourth-order valence-electron chi connectivity index (χ4n) is 3.59. The van der Waals surface area contributed by atoms with Crippen molar-refractivity contribution >= 4 is 28.2 Å². The number of carbonyl (C=O) groups excluding carboxylic acids is 2. The van der Waals surface area contributed by atoms with E-state index < -0.39 is 5.97 Å². The van der Waals surface area contributed by atoms with Gasteiger partial charge in [0.25, 0.3) is 0 Å². The van der Waals surface area contributed by atoms with Gasteiger partial charge in [0.1, 0.15) is 10.6 Å². The fraction of sp³-hybridized carbons (Fsp3) is 0.455. The van der Waals surface area contributed by atoms with Gasteiger partial charge in [-0.15, -0.1) is 11.3 Å². The highest BCUT2D eigenvalue weighted by atomic mass is 32.1. The maximum Gasteiger partial charge on any atom is 0.341 e. The minimum atomic E-state index is -0.418. The number of benzene rings is 1. The Bertz CT molecular complexity index is 844. The second-order valence-corrected chi connectivity index (χ2v) is 8.43. The molecule has 6 nitrogen and oxygen atoms in total. The molecule has 1 aromatic heterocycles. The normalized spacial score (nSPS) is 16.2. The van der Waals surface area contributed by atoms with E-state index >= 15 is 0 Å². The van der Waals surface area contributed by atoms with Crippen molar-refractivity contribution < 1.29 is 19.1 Å². The molecule has 2 heterocycles. The number of amides is 1. The smallest absolute Gasteiger partial charge is 0.341 e. The summed E-state index contributed by atoms with van der Waals surface area (Å²) in [6.07, 6.45) is 2.30. The first-order valence-corrected chi connectivity index (χ1v) is 10.8. The largest absolute Gasteiger partial charge is 0.462 e. The Balaban J connectivity index is 1.79. The first-order chi connectivity index (χ1) is 14.0. The van der Waals surface area contributed by atoms with Gasteiger partial charge in [0.2, 0.25) is 5.91 Å². The van der Waals surface area contributed by atoms with E-state index in [0.29, 0.717) is 10.6 Å². The molecule has 7 heteroatoms. The molecule has 156 valence electrons. The van der Waals surface area contributed by atoms with Crippen LogP contribution < -0.4 is 5.32 Å². The van der Waals surface area contributed by atoms with Gasteiger partial charge in [0, 0.05) is 23.6 Å². The Morgan fingerprint density at radius 2 is 2.07 bits per heavy atom. The molecule has 0 bridgehead atoms. The van der Waals surface area contributed by atoms with Crippen LogP contribution in [-0.4, -0.2) is 56.2 Å². The van der Waals surface area contributed by atoms with Crippen LogP contribution in [0.4, 0.5) is 5.00 Å². The van der Waals surface area contributed by atoms with Gasteiger partial charge in [-0.3, -0.25) is 9.69 Å². The summed E-state index contributed by atoms with van der Waals surface area (Å²) in [4.78, 5) is 28.3. The van der Waals surface area contributed by atoms with E-state index in [2.05, 4.69) is 5.32 Å². The molecular weight excluding hydrogens is 388 g/mol. The van der Waals surface area contributed by atoms with Gasteiger partial charge < -0.3 is 14.8 Å². The summed E-state index contributed by atoms with van der Waals surface area (Å²) in [5.41, 5.74) is 2.17. The second kappa shape index (κ2) is 10.0. The average Bonchev–Trinajstić information content (AvgIpc) is 3.29. The standard InChI is InChI=1S/C22H28N2O4S/c1-4-27-22(26)20-19(16-9-6-5-7-10-16)15(2)29-21(20)23-18(25)14-24(3)13-17-11-8-12-28-17/h5-7,9-10,17H,4,8,11-14H2,1-3H3,(H,23,25). The molecule has 1 aliphatic heterocycles. The summed E-state index contributed by atoms with van der Waals surface area (Å²) >= 11 is 1.40. The molecule has 3 rings (SSSR count). The van der Waals surface area contributed by atoms with Crippen LogP contribution in [0, 0.1) is 6.92 Å². The maximum atomic E-state index is 12.7. The molecule has 1 atom stereocenters. The van der Waals surface area contributed by atoms with Crippen molar-refractivity contribution in [3.63, 3.8) is 0 Å². The Morgan fingerprint density at radius 1 is 1.31 bits per heavy atom. The number of hydrogen-bond donors (Lipinski definition) is 1. The SMILES string of the molecule is CCOC(=O)c1c(NC(=O)CN(C)CC2CCCO2)sc(C)c1-c1ccccc1. The molecule has 0 radical (unpaired) electrons. The van der Waals surface area contributed by atoms with Crippen molar-refractivity contribution in [3.05, 3.63) is 40.8 Å². The molecule has 2 aromatic rings. The zero-order valence-corrected chi connectivity index (χ0v) is 18.0. The van der Waals surface area contributed by atoms with Crippen LogP contribution in [0.25, 0.3) is 11.1 Å². The van der Waals surface area contributed by atoms with Crippen molar-refractivity contribution in [2.45, 2.75) is 32.8 Å². The zero-order chi connectivity index (χ0) is 20.8. The number of likely N-dealkylation sites (N-methyl/N-ethyl adjacent to an activating group) is 1. The number of ether oxygens (including phenoxy) is 2. The lowest BCUT2D eigenvalue weighted by Gasteiger charge is -2.19. The summed E-state index contributed by atoms with van der Waals surface area (Å²) in [7, 11) is 1.91. The van der Waals surface area contributed by atoms with Crippen molar-refractivity contribution in [3.8, 4) is 11.1 Å². The summed E-state index contributed by atoms with van der Waals surface area (Å²) < 4.78 is 10.9. The zero-order valence-electron chi connectivity index (χ0n) is 17.2. The van der Waals surface area contributed by atoms with Crippen molar-refractivity contribution in [2.24, 2.45) is 0 Å². The van der Waals surface area contributed by atoms with Gasteiger partial charge >= 0.3 is 5.97 Å². The third-order valence-electron chi connectivity index (χ3n) is 4.83. The first kappa shape index (κ1) is 21.5. The van der Waals surface area contributed by atoms with E-state index in [0.717, 1.165) is 42.0 Å². The third-order valence-corrected chi connectivity index (χ3v) is 5.85. The highest BCUT2D eigenvalue weighted by molar-refractivity contribution is 7.17. The minimum absolute atomic E-state index is 0.156. The number of nitrogens with zero attached hydrogens (tertiary/aromatic N) is 1. The van der Waals surface area contributed by atoms with Gasteiger partial charge in [0.05, 0.1) is 19.3 Å². The topological polar surface area (TPSA) is 67.9 Å². The van der Waals surface area contributed by atoms with E-state index in [-0.39, 0.29) is 25.2 Å². The molecule has 0 spiro atoms. The minimum Gasteiger partial charge on any atom is -0.462 e. The van der Waals surface area contributed by atoms with Crippen LogP contribution >= 0.6 is 11.3 Å². The highest BCUT2D eigenvalue weighted by Crippen LogP contribution is 2.40. The summed E-state index contributed by atoms with van der Waals surface area (Å²) in [6.45, 7) is 5.76. The second-order valence-electron chi connectivity index (χ2n) is 7.20. The number of aryl methyl sites for hydroxylation is 1. The molecular formula is C22H28N2O4S. The summed E-state index contributed by atoms with van der Waals surface area (Å²) in [5, 5.41) is 3.47. The molecule has 1 saturated heterocycles. The van der Waals surface area contributed by atoms with Crippen LogP contribution in [0.2, 0.25) is 0 Å².